The third-order valence-electron chi connectivity index (χ3n) is 5.65. The summed E-state index contributed by atoms with van der Waals surface area (Å²) in [5.74, 6) is 0. The van der Waals surface area contributed by atoms with Crippen molar-refractivity contribution >= 4 is 24.7 Å². The molecule has 0 aromatic rings. The Morgan fingerprint density at radius 3 is 2.00 bits per heavy atom. The number of rotatable bonds is 10. The van der Waals surface area contributed by atoms with Crippen molar-refractivity contribution < 1.29 is 9.22 Å². The van der Waals surface area contributed by atoms with E-state index in [2.05, 4.69) is 72.4 Å². The van der Waals surface area contributed by atoms with E-state index in [0.29, 0.717) is 5.54 Å². The van der Waals surface area contributed by atoms with Crippen LogP contribution in [0.2, 0.25) is 44.3 Å². The molecule has 0 bridgehead atoms. The average molecular weight is 359 g/mol. The predicted octanol–water partition coefficient (Wildman–Crippen LogP) is 5.42. The highest BCUT2D eigenvalue weighted by atomic mass is 28.4. The van der Waals surface area contributed by atoms with Crippen molar-refractivity contribution in [2.45, 2.75) is 83.2 Å². The molecule has 3 unspecified atom stereocenters. The first kappa shape index (κ1) is 22.1. The number of hydrogen-bond acceptors (Lipinski definition) is 2. The van der Waals surface area contributed by atoms with E-state index >= 15 is 0 Å². The summed E-state index contributed by atoms with van der Waals surface area (Å²) in [6, 6.07) is 0.893. The third kappa shape index (κ3) is 5.60. The minimum absolute atomic E-state index is 0.392. The molecular formula is C17H38O2Si3. The van der Waals surface area contributed by atoms with Gasteiger partial charge < -0.3 is 9.22 Å². The van der Waals surface area contributed by atoms with E-state index in [0.717, 1.165) is 18.9 Å². The van der Waals surface area contributed by atoms with Crippen LogP contribution in [0.1, 0.15) is 33.6 Å². The van der Waals surface area contributed by atoms with E-state index in [-0.39, 0.29) is 0 Å². The van der Waals surface area contributed by atoms with Crippen LogP contribution in [0, 0.1) is 0 Å². The summed E-state index contributed by atoms with van der Waals surface area (Å²) < 4.78 is 6.46. The lowest BCUT2D eigenvalue weighted by Gasteiger charge is -2.45. The van der Waals surface area contributed by atoms with E-state index in [1.807, 2.05) is 5.70 Å². The van der Waals surface area contributed by atoms with Crippen LogP contribution in [0.5, 0.6) is 0 Å². The molecule has 0 aliphatic rings. The Labute approximate surface area is 141 Å². The van der Waals surface area contributed by atoms with E-state index in [4.69, 9.17) is 4.43 Å². The van der Waals surface area contributed by atoms with E-state index < -0.39 is 29.9 Å². The quantitative estimate of drug-likeness (QED) is 0.528. The van der Waals surface area contributed by atoms with Crippen LogP contribution in [-0.4, -0.2) is 34.7 Å². The fourth-order valence-electron chi connectivity index (χ4n) is 2.52. The van der Waals surface area contributed by atoms with Crippen molar-refractivity contribution in [3.05, 3.63) is 24.6 Å². The van der Waals surface area contributed by atoms with Gasteiger partial charge in [0.05, 0.1) is 13.3 Å². The molecule has 0 rings (SSSR count). The first-order valence-electron chi connectivity index (χ1n) is 8.46. The van der Waals surface area contributed by atoms with Gasteiger partial charge in [-0.05, 0) is 44.6 Å². The van der Waals surface area contributed by atoms with E-state index in [1.54, 1.807) is 0 Å². The van der Waals surface area contributed by atoms with Crippen LogP contribution in [0.15, 0.2) is 24.6 Å². The van der Waals surface area contributed by atoms with Crippen molar-refractivity contribution in [1.29, 1.82) is 0 Å². The van der Waals surface area contributed by atoms with Gasteiger partial charge >= 0.3 is 0 Å². The Bertz CT molecular complexity index is 391. The Morgan fingerprint density at radius 2 is 1.64 bits per heavy atom. The average Bonchev–Trinajstić information content (AvgIpc) is 2.43. The van der Waals surface area contributed by atoms with Gasteiger partial charge in [-0.15, -0.1) is 18.9 Å². The molecule has 5 heteroatoms. The molecule has 0 aromatic heterocycles. The lowest BCUT2D eigenvalue weighted by molar-refractivity contribution is 0.132. The summed E-state index contributed by atoms with van der Waals surface area (Å²) in [6.07, 6.45) is 1.92. The second-order valence-corrected chi connectivity index (χ2v) is 21.2. The van der Waals surface area contributed by atoms with Crippen molar-refractivity contribution in [2.24, 2.45) is 0 Å². The molecule has 0 saturated heterocycles. The maximum Gasteiger partial charge on any atom is 0.215 e. The summed E-state index contributed by atoms with van der Waals surface area (Å²) in [6.45, 7) is 25.5. The summed E-state index contributed by atoms with van der Waals surface area (Å²) >= 11 is 0. The predicted molar refractivity (Wildman–Crippen MR) is 108 cm³/mol. The molecule has 0 amide bonds. The molecule has 3 atom stereocenters. The molecule has 2 nitrogen and oxygen atoms in total. The SMILES string of the molecule is C=C[Si](C)(C)OC(C)(CC)[Si](C)(O)CCC(C)[Si](C)(C)C=C. The Morgan fingerprint density at radius 1 is 1.14 bits per heavy atom. The molecule has 0 saturated carbocycles. The highest BCUT2D eigenvalue weighted by Crippen LogP contribution is 2.37. The number of hydrogen-bond donors (Lipinski definition) is 1. The van der Waals surface area contributed by atoms with Crippen LogP contribution in [0.3, 0.4) is 0 Å². The van der Waals surface area contributed by atoms with Gasteiger partial charge in [-0.3, -0.25) is 0 Å². The molecule has 0 spiro atoms. The maximum atomic E-state index is 11.3. The molecule has 22 heavy (non-hydrogen) atoms. The summed E-state index contributed by atoms with van der Waals surface area (Å²) in [7, 11) is -5.77. The molecule has 0 heterocycles. The van der Waals surface area contributed by atoms with E-state index in [1.165, 1.54) is 0 Å². The van der Waals surface area contributed by atoms with Gasteiger partial charge in [-0.2, -0.15) is 0 Å². The zero-order chi connectivity index (χ0) is 17.8. The van der Waals surface area contributed by atoms with Crippen LogP contribution >= 0.6 is 0 Å². The van der Waals surface area contributed by atoms with Crippen LogP contribution in [0.25, 0.3) is 0 Å². The zero-order valence-corrected chi connectivity index (χ0v) is 19.1. The second kappa shape index (κ2) is 7.75. The molecular weight excluding hydrogens is 320 g/mol. The standard InChI is InChI=1S/C17H38O2Si3/c1-11-17(5,19-21(8,9)13-3)22(10,18)15-14-16(4)20(6,7)12-2/h12-13,16,18H,2-3,11,14-15H2,1,4-10H3. The largest absolute Gasteiger partial charge is 0.429 e. The van der Waals surface area contributed by atoms with Gasteiger partial charge in [-0.25, -0.2) is 0 Å². The smallest absolute Gasteiger partial charge is 0.215 e. The molecule has 0 aliphatic carbocycles. The lowest BCUT2D eigenvalue weighted by atomic mass is 10.3. The van der Waals surface area contributed by atoms with Gasteiger partial charge in [0.25, 0.3) is 0 Å². The van der Waals surface area contributed by atoms with Crippen molar-refractivity contribution in [3.63, 3.8) is 0 Å². The topological polar surface area (TPSA) is 29.5 Å². The van der Waals surface area contributed by atoms with Crippen LogP contribution in [-0.2, 0) is 4.43 Å². The highest BCUT2D eigenvalue weighted by molar-refractivity contribution is 6.83. The zero-order valence-electron chi connectivity index (χ0n) is 16.1. The molecule has 0 radical (unpaired) electrons. The van der Waals surface area contributed by atoms with Gasteiger partial charge in [0, 0.05) is 0 Å². The van der Waals surface area contributed by atoms with E-state index in [9.17, 15) is 4.80 Å². The third-order valence-corrected chi connectivity index (χ3v) is 15.7. The first-order valence-corrected chi connectivity index (χ1v) is 17.3. The lowest BCUT2D eigenvalue weighted by Crippen LogP contribution is -2.60. The normalized spacial score (nSPS) is 19.9. The van der Waals surface area contributed by atoms with Crippen LogP contribution < -0.4 is 0 Å². The molecule has 0 aromatic carbocycles. The maximum absolute atomic E-state index is 11.3. The van der Waals surface area contributed by atoms with Gasteiger partial charge in [-0.1, -0.05) is 39.1 Å². The van der Waals surface area contributed by atoms with Crippen molar-refractivity contribution in [3.8, 4) is 0 Å². The summed E-state index contributed by atoms with van der Waals surface area (Å²) in [5.41, 5.74) is 4.76. The van der Waals surface area contributed by atoms with Gasteiger partial charge in [0.2, 0.25) is 16.6 Å². The van der Waals surface area contributed by atoms with Crippen molar-refractivity contribution in [2.75, 3.05) is 0 Å². The Kier molecular flexibility index (Phi) is 7.77. The fourth-order valence-corrected chi connectivity index (χ4v) is 9.44. The minimum Gasteiger partial charge on any atom is -0.429 e. The molecule has 130 valence electrons. The minimum atomic E-state index is -2.48. The first-order chi connectivity index (χ1) is 9.77. The van der Waals surface area contributed by atoms with Gasteiger partial charge in [0.15, 0.2) is 0 Å². The van der Waals surface area contributed by atoms with Crippen molar-refractivity contribution in [1.82, 2.24) is 0 Å². The highest BCUT2D eigenvalue weighted by Gasteiger charge is 2.48. The summed E-state index contributed by atoms with van der Waals surface area (Å²) in [5, 5.41) is -0.392. The monoisotopic (exact) mass is 358 g/mol. The molecule has 0 fully saturated rings. The summed E-state index contributed by atoms with van der Waals surface area (Å²) in [4.78, 5) is 11.3. The second-order valence-electron chi connectivity index (χ2n) is 8.23. The van der Waals surface area contributed by atoms with Gasteiger partial charge in [0.1, 0.15) is 0 Å². The molecule has 1 N–H and O–H groups in total. The Balaban J connectivity index is 5.09. The fraction of sp³-hybridized carbons (Fsp3) is 0.765. The molecule has 0 aliphatic heterocycles. The van der Waals surface area contributed by atoms with Crippen LogP contribution in [0.4, 0.5) is 0 Å². The Hall–Kier alpha value is 0.0506.